The highest BCUT2D eigenvalue weighted by Crippen LogP contribution is 1.91. The molecule has 0 amide bonds. The third-order valence-corrected chi connectivity index (χ3v) is 2.74. The van der Waals surface area contributed by atoms with Crippen molar-refractivity contribution in [3.05, 3.63) is 26.8 Å². The lowest BCUT2D eigenvalue weighted by Crippen LogP contribution is -2.31. The Hall–Kier alpha value is -1.48. The van der Waals surface area contributed by atoms with Gasteiger partial charge in [-0.2, -0.15) is 5.26 Å². The van der Waals surface area contributed by atoms with Gasteiger partial charge in [-0.3, -0.25) is 0 Å². The van der Waals surface area contributed by atoms with Crippen LogP contribution in [0.15, 0.2) is 6.07 Å². The van der Waals surface area contributed by atoms with Crippen molar-refractivity contribution < 1.29 is 9.47 Å². The van der Waals surface area contributed by atoms with E-state index in [2.05, 4.69) is 11.1 Å². The van der Waals surface area contributed by atoms with E-state index in [4.69, 9.17) is 27.0 Å². The Balaban J connectivity index is 2.60. The smallest absolute Gasteiger partial charge is 0.121 e. The number of nitriles is 1. The van der Waals surface area contributed by atoms with Crippen LogP contribution >= 0.6 is 12.2 Å². The molecule has 0 spiro atoms. The Morgan fingerprint density at radius 1 is 1.24 bits per heavy atom. The van der Waals surface area contributed by atoms with Crippen LogP contribution in [-0.2, 0) is 9.47 Å². The number of hydrogen-bond acceptors (Lipinski definition) is 4. The van der Waals surface area contributed by atoms with Gasteiger partial charge in [-0.1, -0.05) is 12.2 Å². The highest BCUT2D eigenvalue weighted by Gasteiger charge is 1.97. The summed E-state index contributed by atoms with van der Waals surface area (Å²) in [5.74, 6) is 0. The van der Waals surface area contributed by atoms with E-state index >= 15 is 0 Å². The van der Waals surface area contributed by atoms with Crippen LogP contribution in [0.25, 0.3) is 12.2 Å². The van der Waals surface area contributed by atoms with Gasteiger partial charge in [0.1, 0.15) is 10.7 Å². The van der Waals surface area contributed by atoms with Gasteiger partial charge in [-0.05, 0) is 23.4 Å². The quantitative estimate of drug-likeness (QED) is 0.667. The molecular formula is C12H12N2O2S. The average Bonchev–Trinajstić information content (AvgIpc) is 2.35. The Bertz CT molecular complexity index is 613. The summed E-state index contributed by atoms with van der Waals surface area (Å²) in [4.78, 5) is 3.03. The Kier molecular flexibility index (Phi) is 4.04. The second-order valence-electron chi connectivity index (χ2n) is 3.55. The van der Waals surface area contributed by atoms with Gasteiger partial charge < -0.3 is 14.5 Å². The maximum absolute atomic E-state index is 8.93. The molecule has 1 aromatic rings. The second kappa shape index (κ2) is 5.73. The number of pyridine rings is 1. The molecule has 1 N–H and O–H groups in total. The molecule has 0 bridgehead atoms. The van der Waals surface area contributed by atoms with E-state index in [0.717, 1.165) is 10.6 Å². The van der Waals surface area contributed by atoms with Gasteiger partial charge in [0.15, 0.2) is 0 Å². The van der Waals surface area contributed by atoms with Gasteiger partial charge in [0.25, 0.3) is 0 Å². The molecule has 0 aliphatic carbocycles. The summed E-state index contributed by atoms with van der Waals surface area (Å²) < 4.78 is 11.2. The first-order valence-electron chi connectivity index (χ1n) is 5.30. The number of nitrogens with one attached hydrogen (secondary N) is 1. The van der Waals surface area contributed by atoms with Crippen molar-refractivity contribution >= 4 is 24.4 Å². The summed E-state index contributed by atoms with van der Waals surface area (Å²) in [7, 11) is 0. The molecule has 0 saturated carbocycles. The van der Waals surface area contributed by atoms with Crippen LogP contribution in [0.5, 0.6) is 0 Å². The maximum atomic E-state index is 8.93. The number of hydrogen-bond donors (Lipinski definition) is 1. The summed E-state index contributed by atoms with van der Waals surface area (Å²) in [6.07, 6.45) is 3.86. The molecule has 88 valence electrons. The van der Waals surface area contributed by atoms with Gasteiger partial charge >= 0.3 is 0 Å². The normalized spacial score (nSPS) is 15.9. The monoisotopic (exact) mass is 248 g/mol. The van der Waals surface area contributed by atoms with Crippen LogP contribution in [0.1, 0.15) is 5.56 Å². The molecule has 0 aromatic carbocycles. The number of nitrogens with zero attached hydrogens (tertiary/aromatic N) is 1. The molecule has 1 aliphatic heterocycles. The van der Waals surface area contributed by atoms with Crippen molar-refractivity contribution in [1.29, 1.82) is 5.26 Å². The lowest BCUT2D eigenvalue weighted by Gasteiger charge is -2.04. The molecule has 0 atom stereocenters. The molecule has 0 radical (unpaired) electrons. The highest BCUT2D eigenvalue weighted by molar-refractivity contribution is 7.71. The van der Waals surface area contributed by atoms with Crippen molar-refractivity contribution in [2.45, 2.75) is 0 Å². The van der Waals surface area contributed by atoms with Crippen LogP contribution in [0.2, 0.25) is 0 Å². The van der Waals surface area contributed by atoms with Crippen LogP contribution < -0.4 is 10.6 Å². The van der Waals surface area contributed by atoms with Gasteiger partial charge in [-0.25, -0.2) is 0 Å². The average molecular weight is 248 g/mol. The van der Waals surface area contributed by atoms with Crippen molar-refractivity contribution in [3.8, 4) is 6.07 Å². The van der Waals surface area contributed by atoms with E-state index in [1.165, 1.54) is 0 Å². The van der Waals surface area contributed by atoms with E-state index in [9.17, 15) is 0 Å². The van der Waals surface area contributed by atoms with Crippen LogP contribution in [0, 0.1) is 16.0 Å². The van der Waals surface area contributed by atoms with Crippen molar-refractivity contribution in [2.75, 3.05) is 26.4 Å². The van der Waals surface area contributed by atoms with Gasteiger partial charge in [0.05, 0.1) is 32.0 Å². The Labute approximate surface area is 104 Å². The highest BCUT2D eigenvalue weighted by atomic mass is 32.1. The topological polar surface area (TPSA) is 58.0 Å². The van der Waals surface area contributed by atoms with Gasteiger partial charge in [0, 0.05) is 5.35 Å². The van der Waals surface area contributed by atoms with E-state index in [-0.39, 0.29) is 0 Å². The Morgan fingerprint density at radius 2 is 1.94 bits per heavy atom. The number of aromatic amines is 1. The molecule has 2 rings (SSSR count). The summed E-state index contributed by atoms with van der Waals surface area (Å²) in [5, 5.41) is 10.7. The molecule has 0 fully saturated rings. The third-order valence-electron chi connectivity index (χ3n) is 2.42. The summed E-state index contributed by atoms with van der Waals surface area (Å²) >= 11 is 5.09. The van der Waals surface area contributed by atoms with Crippen molar-refractivity contribution in [3.63, 3.8) is 0 Å². The number of rotatable bonds is 0. The molecule has 5 heteroatoms. The molecular weight excluding hydrogens is 236 g/mol. The zero-order valence-electron chi connectivity index (χ0n) is 9.23. The molecule has 4 nitrogen and oxygen atoms in total. The third kappa shape index (κ3) is 3.01. The first-order valence-corrected chi connectivity index (χ1v) is 5.71. The minimum absolute atomic E-state index is 0.453. The lowest BCUT2D eigenvalue weighted by molar-refractivity contribution is 0.0768. The van der Waals surface area contributed by atoms with Crippen LogP contribution in [0.3, 0.4) is 0 Å². The van der Waals surface area contributed by atoms with Crippen LogP contribution in [-0.4, -0.2) is 31.4 Å². The zero-order valence-corrected chi connectivity index (χ0v) is 10.0. The fourth-order valence-electron chi connectivity index (χ4n) is 1.56. The van der Waals surface area contributed by atoms with Crippen molar-refractivity contribution in [1.82, 2.24) is 4.98 Å². The van der Waals surface area contributed by atoms with E-state index in [1.54, 1.807) is 6.07 Å². The first-order chi connectivity index (χ1) is 8.31. The van der Waals surface area contributed by atoms with Gasteiger partial charge in [-0.15, -0.1) is 0 Å². The Morgan fingerprint density at radius 3 is 2.65 bits per heavy atom. The van der Waals surface area contributed by atoms with E-state index in [0.29, 0.717) is 36.6 Å². The number of H-pyrrole nitrogens is 1. The maximum Gasteiger partial charge on any atom is 0.121 e. The minimum Gasteiger partial charge on any atom is -0.375 e. The van der Waals surface area contributed by atoms with E-state index in [1.807, 2.05) is 12.2 Å². The largest absolute Gasteiger partial charge is 0.375 e. The first kappa shape index (κ1) is 12.0. The second-order valence-corrected chi connectivity index (χ2v) is 3.96. The summed E-state index contributed by atoms with van der Waals surface area (Å²) in [5.41, 5.74) is 0.473. The fraction of sp³-hybridized carbons (Fsp3) is 0.333. The number of ether oxygens (including phenoxy) is 2. The minimum atomic E-state index is 0.453. The molecule has 1 aliphatic rings. The summed E-state index contributed by atoms with van der Waals surface area (Å²) in [6.45, 7) is 2.16. The zero-order chi connectivity index (χ0) is 12.1. The SMILES string of the molecule is N#Cc1cc2c([nH]c1=S)=CCOCCOCC=2. The lowest BCUT2D eigenvalue weighted by atomic mass is 10.2. The van der Waals surface area contributed by atoms with E-state index < -0.39 is 0 Å². The number of fused-ring (bicyclic) bond motifs is 1. The molecule has 17 heavy (non-hydrogen) atoms. The van der Waals surface area contributed by atoms with Crippen LogP contribution in [0.4, 0.5) is 0 Å². The molecule has 1 aromatic heterocycles. The fourth-order valence-corrected chi connectivity index (χ4v) is 1.77. The summed E-state index contributed by atoms with van der Waals surface area (Å²) in [6, 6.07) is 3.84. The molecule has 2 heterocycles. The van der Waals surface area contributed by atoms with Gasteiger partial charge in [0.2, 0.25) is 0 Å². The molecule has 0 unspecified atom stereocenters. The number of aromatic nitrogens is 1. The predicted molar refractivity (Wildman–Crippen MR) is 66.2 cm³/mol. The predicted octanol–water partition coefficient (Wildman–Crippen LogP) is 0.224. The molecule has 0 saturated heterocycles. The van der Waals surface area contributed by atoms with Crippen molar-refractivity contribution in [2.24, 2.45) is 0 Å². The standard InChI is InChI=1S/C12H12N2O2S/c13-8-10-7-9-1-3-15-5-6-16-4-2-11(9)14-12(10)17/h1-2,7H,3-6H2,(H,14,17).